The predicted octanol–water partition coefficient (Wildman–Crippen LogP) is 4.67. The number of hydrogen-bond acceptors (Lipinski definition) is 6. The van der Waals surface area contributed by atoms with Crippen LogP contribution in [0.3, 0.4) is 0 Å². The number of Topliss-reactive ketones (excluding diaryl/α,β-unsaturated/α-hetero) is 2. The minimum Gasteiger partial charge on any atom is -0.302 e. The van der Waals surface area contributed by atoms with Crippen molar-refractivity contribution in [1.82, 2.24) is 14.5 Å². The highest BCUT2D eigenvalue weighted by molar-refractivity contribution is 7.78. The van der Waals surface area contributed by atoms with E-state index in [0.717, 1.165) is 25.7 Å². The molecule has 32 heavy (non-hydrogen) atoms. The third-order valence-corrected chi connectivity index (χ3v) is 7.19. The van der Waals surface area contributed by atoms with Crippen molar-refractivity contribution in [2.45, 2.75) is 111 Å². The molecular weight excluding hydrogens is 422 g/mol. The van der Waals surface area contributed by atoms with Crippen molar-refractivity contribution >= 4 is 30.3 Å². The maximum absolute atomic E-state index is 13.7. The first-order valence-electron chi connectivity index (χ1n) is 12.5. The Morgan fingerprint density at radius 2 is 1.31 bits per heavy atom. The van der Waals surface area contributed by atoms with Crippen LogP contribution in [0, 0.1) is 5.92 Å². The second kappa shape index (κ2) is 15.1. The van der Waals surface area contributed by atoms with Crippen LogP contribution in [0.5, 0.6) is 0 Å². The highest BCUT2D eigenvalue weighted by Gasteiger charge is 2.43. The van der Waals surface area contributed by atoms with Gasteiger partial charge in [-0.2, -0.15) is 0 Å². The third kappa shape index (κ3) is 8.79. The van der Waals surface area contributed by atoms with Gasteiger partial charge in [-0.1, -0.05) is 60.8 Å². The minimum absolute atomic E-state index is 0.0588. The summed E-state index contributed by atoms with van der Waals surface area (Å²) in [6, 6.07) is 0. The van der Waals surface area contributed by atoms with Crippen molar-refractivity contribution < 1.29 is 14.4 Å². The van der Waals surface area contributed by atoms with E-state index in [9.17, 15) is 14.4 Å². The summed E-state index contributed by atoms with van der Waals surface area (Å²) < 4.78 is 2.37. The Balaban J connectivity index is 5.77. The average molecular weight is 472 g/mol. The van der Waals surface area contributed by atoms with Crippen LogP contribution >= 0.6 is 12.8 Å². The molecule has 2 atom stereocenters. The lowest BCUT2D eigenvalue weighted by molar-refractivity contribution is -0.139. The van der Waals surface area contributed by atoms with E-state index in [2.05, 4.69) is 43.2 Å². The van der Waals surface area contributed by atoms with E-state index in [0.29, 0.717) is 38.3 Å². The van der Waals surface area contributed by atoms with Gasteiger partial charge in [0.05, 0.1) is 24.2 Å². The summed E-state index contributed by atoms with van der Waals surface area (Å²) >= 11 is 3.87. The lowest BCUT2D eigenvalue weighted by atomic mass is 9.84. The van der Waals surface area contributed by atoms with Gasteiger partial charge in [-0.25, -0.2) is 0 Å². The lowest BCUT2D eigenvalue weighted by Gasteiger charge is -2.44. The maximum Gasteiger partial charge on any atom is 0.243 e. The molecule has 0 aromatic carbocycles. The monoisotopic (exact) mass is 471 g/mol. The van der Waals surface area contributed by atoms with E-state index < -0.39 is 11.1 Å². The van der Waals surface area contributed by atoms with E-state index in [1.807, 2.05) is 39.5 Å². The Morgan fingerprint density at radius 1 is 0.844 bits per heavy atom. The van der Waals surface area contributed by atoms with Gasteiger partial charge in [-0.15, -0.1) is 0 Å². The number of carbonyl (C=O) groups is 3. The molecule has 0 saturated heterocycles. The molecule has 0 aliphatic heterocycles. The summed E-state index contributed by atoms with van der Waals surface area (Å²) in [5.41, 5.74) is -1.44. The van der Waals surface area contributed by atoms with Gasteiger partial charge < -0.3 is 4.72 Å². The Morgan fingerprint density at radius 3 is 1.72 bits per heavy atom. The molecule has 0 saturated carbocycles. The average Bonchev–Trinajstić information content (AvgIpc) is 2.76. The first kappa shape index (κ1) is 31.1. The Labute approximate surface area is 202 Å². The SMILES string of the molecule is CCCN(CC(=O)NS)C(C)(CC)C(=O)CN(CCC)C(C)(CC)C(=O)CCCC(C)C. The molecular formula is C25H49N3O3S. The second-order valence-corrected chi connectivity index (χ2v) is 9.99. The summed E-state index contributed by atoms with van der Waals surface area (Å²) in [6.45, 7) is 18.1. The minimum atomic E-state index is -0.780. The molecule has 0 aromatic heterocycles. The van der Waals surface area contributed by atoms with Crippen molar-refractivity contribution in [3.8, 4) is 0 Å². The molecule has 0 bridgehead atoms. The largest absolute Gasteiger partial charge is 0.302 e. The molecule has 1 N–H and O–H groups in total. The predicted molar refractivity (Wildman–Crippen MR) is 137 cm³/mol. The molecule has 1 amide bonds. The summed E-state index contributed by atoms with van der Waals surface area (Å²) in [5.74, 6) is 0.634. The number of hydrogen-bond donors (Lipinski definition) is 2. The van der Waals surface area contributed by atoms with Gasteiger partial charge in [0.15, 0.2) is 11.6 Å². The van der Waals surface area contributed by atoms with Crippen molar-refractivity contribution in [3.63, 3.8) is 0 Å². The Kier molecular flexibility index (Phi) is 14.6. The third-order valence-electron chi connectivity index (χ3n) is 6.94. The normalized spacial score (nSPS) is 15.6. The number of ketones is 2. The molecule has 6 nitrogen and oxygen atoms in total. The van der Waals surface area contributed by atoms with Crippen molar-refractivity contribution in [1.29, 1.82) is 0 Å². The highest BCUT2D eigenvalue weighted by Crippen LogP contribution is 2.28. The molecule has 0 rings (SSSR count). The number of nitrogens with zero attached hydrogens (tertiary/aromatic N) is 2. The van der Waals surface area contributed by atoms with E-state index in [1.54, 1.807) is 0 Å². The molecule has 0 spiro atoms. The van der Waals surface area contributed by atoms with E-state index >= 15 is 0 Å². The molecule has 2 unspecified atom stereocenters. The van der Waals surface area contributed by atoms with Crippen LogP contribution in [0.25, 0.3) is 0 Å². The van der Waals surface area contributed by atoms with E-state index in [4.69, 9.17) is 0 Å². The number of carbonyl (C=O) groups excluding carboxylic acids is 3. The van der Waals surface area contributed by atoms with E-state index in [1.165, 1.54) is 0 Å². The standard InChI is InChI=1S/C25H49N3O3S/c1-9-16-27(24(7,11-3)21(29)15-13-14-20(5)6)18-22(30)25(8,12-4)28(17-10-2)19-23(31)26-32/h20,32H,9-19H2,1-8H3,(H,26,31). The van der Waals surface area contributed by atoms with E-state index in [-0.39, 0.29) is 30.6 Å². The highest BCUT2D eigenvalue weighted by atomic mass is 32.1. The summed E-state index contributed by atoms with van der Waals surface area (Å²) in [5, 5.41) is 0. The van der Waals surface area contributed by atoms with Crippen LogP contribution in [-0.4, -0.2) is 64.5 Å². The van der Waals surface area contributed by atoms with Gasteiger partial charge in [0, 0.05) is 6.42 Å². The summed E-state index contributed by atoms with van der Waals surface area (Å²) in [7, 11) is 0. The topological polar surface area (TPSA) is 69.7 Å². The fraction of sp³-hybridized carbons (Fsp3) is 0.880. The first-order chi connectivity index (χ1) is 15.0. The summed E-state index contributed by atoms with van der Waals surface area (Å²) in [4.78, 5) is 43.1. The van der Waals surface area contributed by atoms with Crippen LogP contribution in [0.1, 0.15) is 100 Å². The zero-order chi connectivity index (χ0) is 24.9. The zero-order valence-corrected chi connectivity index (χ0v) is 22.8. The van der Waals surface area contributed by atoms with Gasteiger partial charge in [-0.3, -0.25) is 24.2 Å². The molecule has 0 aliphatic carbocycles. The molecule has 7 heteroatoms. The molecule has 0 aliphatic rings. The lowest BCUT2D eigenvalue weighted by Crippen LogP contribution is -2.60. The first-order valence-corrected chi connectivity index (χ1v) is 12.9. The smallest absolute Gasteiger partial charge is 0.243 e. The zero-order valence-electron chi connectivity index (χ0n) is 21.9. The second-order valence-electron chi connectivity index (χ2n) is 9.77. The number of nitrogens with one attached hydrogen (secondary N) is 1. The number of thiol groups is 1. The molecule has 0 fully saturated rings. The molecule has 188 valence electrons. The fourth-order valence-corrected chi connectivity index (χ4v) is 4.30. The summed E-state index contributed by atoms with van der Waals surface area (Å²) in [6.07, 6.45) is 5.43. The molecule has 0 heterocycles. The van der Waals surface area contributed by atoms with Crippen LogP contribution in [0.2, 0.25) is 0 Å². The molecule has 0 radical (unpaired) electrons. The van der Waals surface area contributed by atoms with Crippen molar-refractivity contribution in [3.05, 3.63) is 0 Å². The van der Waals surface area contributed by atoms with Gasteiger partial charge in [-0.05, 0) is 65.0 Å². The fourth-order valence-electron chi connectivity index (χ4n) is 4.23. The quantitative estimate of drug-likeness (QED) is 0.284. The van der Waals surface area contributed by atoms with Crippen LogP contribution in [-0.2, 0) is 14.4 Å². The van der Waals surface area contributed by atoms with Gasteiger partial charge >= 0.3 is 0 Å². The van der Waals surface area contributed by atoms with Gasteiger partial charge in [0.1, 0.15) is 0 Å². The molecule has 0 aromatic rings. The van der Waals surface area contributed by atoms with Crippen LogP contribution in [0.4, 0.5) is 0 Å². The van der Waals surface area contributed by atoms with Gasteiger partial charge in [0.2, 0.25) is 5.91 Å². The van der Waals surface area contributed by atoms with Crippen molar-refractivity contribution in [2.75, 3.05) is 26.2 Å². The Bertz CT molecular complexity index is 599. The maximum atomic E-state index is 13.7. The van der Waals surface area contributed by atoms with Gasteiger partial charge in [0.25, 0.3) is 0 Å². The van der Waals surface area contributed by atoms with Crippen LogP contribution in [0.15, 0.2) is 0 Å². The Hall–Kier alpha value is -0.920. The number of amides is 1. The van der Waals surface area contributed by atoms with Crippen molar-refractivity contribution in [2.24, 2.45) is 5.92 Å². The van der Waals surface area contributed by atoms with Crippen LogP contribution < -0.4 is 4.72 Å². The number of rotatable bonds is 18.